The summed E-state index contributed by atoms with van der Waals surface area (Å²) in [6.45, 7) is 3.15. The maximum Gasteiger partial charge on any atom is 0.387 e. The third kappa shape index (κ3) is 9.68. The van der Waals surface area contributed by atoms with Crippen molar-refractivity contribution in [2.24, 2.45) is 0 Å². The van der Waals surface area contributed by atoms with E-state index in [2.05, 4.69) is 11.9 Å². The van der Waals surface area contributed by atoms with Crippen molar-refractivity contribution in [3.63, 3.8) is 0 Å². The first-order valence-electron chi connectivity index (χ1n) is 19.8. The van der Waals surface area contributed by atoms with Gasteiger partial charge < -0.3 is 4.74 Å². The molecular formula is C44H27BF20N2O2. The number of rotatable bonds is 15. The van der Waals surface area contributed by atoms with Gasteiger partial charge in [0.05, 0.1) is 12.8 Å². The zero-order chi connectivity index (χ0) is 51.4. The van der Waals surface area contributed by atoms with Crippen LogP contribution in [-0.2, 0) is 6.54 Å². The first kappa shape index (κ1) is 53.3. The Bertz CT molecular complexity index is 2540. The highest BCUT2D eigenvalue weighted by Gasteiger charge is 2.52. The molecule has 0 radical (unpaired) electrons. The molecule has 6 rings (SSSR count). The molecule has 0 N–H and O–H groups in total. The molecule has 0 bridgehead atoms. The second-order valence-electron chi connectivity index (χ2n) is 14.7. The molecule has 25 heteroatoms. The van der Waals surface area contributed by atoms with Crippen LogP contribution in [0.25, 0.3) is 0 Å². The normalized spacial score (nSPS) is 11.5. The number of hydrogen-bond donors (Lipinski definition) is 0. The maximum absolute atomic E-state index is 15.4. The third-order valence-electron chi connectivity index (χ3n) is 10.7. The average Bonchev–Trinajstić information content (AvgIpc) is 3.34. The van der Waals surface area contributed by atoms with Gasteiger partial charge in [-0.25, -0.2) is 92.8 Å². The van der Waals surface area contributed by atoms with Crippen molar-refractivity contribution < 1.29 is 102 Å². The highest BCUT2D eigenvalue weighted by atomic mass is 19.2. The van der Waals surface area contributed by atoms with E-state index in [1.807, 2.05) is 34.9 Å². The van der Waals surface area contributed by atoms with Gasteiger partial charge in [0.15, 0.2) is 76.0 Å². The lowest BCUT2D eigenvalue weighted by Crippen LogP contribution is -2.81. The minimum atomic E-state index is -7.22. The highest BCUT2D eigenvalue weighted by molar-refractivity contribution is 7.20. The SMILES string of the molecule is CCCCCCCCOc1cncc[n+]1CC(=O)c1ccccc1.Fc1c(F)c(F)c([B-](c2c(F)c(F)c(F)c(F)c2F)(c2c(F)c(F)c(F)c(F)c2F)c2c(F)c(F)c(F)c(F)c2F)c(F)c1F. The Balaban J connectivity index is 0.000000311. The quantitative estimate of drug-likeness (QED) is 0.0196. The van der Waals surface area contributed by atoms with Crippen LogP contribution in [0.2, 0.25) is 0 Å². The van der Waals surface area contributed by atoms with Gasteiger partial charge in [0.25, 0.3) is 0 Å². The molecule has 6 aromatic rings. The number of aromatic nitrogens is 2. The van der Waals surface area contributed by atoms with E-state index < -0.39 is 144 Å². The van der Waals surface area contributed by atoms with Crippen molar-refractivity contribution in [1.82, 2.24) is 4.98 Å². The number of carbonyl (C=O) groups excluding carboxylic acids is 1. The van der Waals surface area contributed by atoms with E-state index in [0.717, 1.165) is 6.42 Å². The van der Waals surface area contributed by atoms with Gasteiger partial charge in [-0.05, 0) is 6.42 Å². The van der Waals surface area contributed by atoms with E-state index >= 15 is 35.1 Å². The van der Waals surface area contributed by atoms with E-state index in [1.165, 1.54) is 32.1 Å². The molecule has 0 atom stereocenters. The summed E-state index contributed by atoms with van der Waals surface area (Å²) in [6, 6.07) is 9.33. The summed E-state index contributed by atoms with van der Waals surface area (Å²) >= 11 is 0. The Morgan fingerprint density at radius 1 is 0.464 bits per heavy atom. The van der Waals surface area contributed by atoms with Crippen molar-refractivity contribution in [2.75, 3.05) is 6.61 Å². The number of ketones is 1. The number of ether oxygens (including phenoxy) is 1. The van der Waals surface area contributed by atoms with Crippen LogP contribution in [-0.4, -0.2) is 23.5 Å². The lowest BCUT2D eigenvalue weighted by molar-refractivity contribution is -0.689. The summed E-state index contributed by atoms with van der Waals surface area (Å²) in [6.07, 6.45) is 5.28. The van der Waals surface area contributed by atoms with E-state index in [9.17, 15) is 57.5 Å². The minimum Gasteiger partial charge on any atom is -0.443 e. The number of Topliss-reactive ketones (excluding diaryl/α,β-unsaturated/α-hetero) is 1. The Kier molecular flexibility index (Phi) is 16.8. The van der Waals surface area contributed by atoms with Crippen molar-refractivity contribution in [2.45, 2.75) is 52.0 Å². The van der Waals surface area contributed by atoms with Crippen LogP contribution < -0.4 is 31.2 Å². The van der Waals surface area contributed by atoms with Crippen molar-refractivity contribution in [1.29, 1.82) is 0 Å². The molecular weight excluding hydrogens is 979 g/mol. The average molecular weight is 1010 g/mol. The van der Waals surface area contributed by atoms with Gasteiger partial charge >= 0.3 is 5.88 Å². The smallest absolute Gasteiger partial charge is 0.387 e. The summed E-state index contributed by atoms with van der Waals surface area (Å²) in [5, 5.41) is 0. The maximum atomic E-state index is 15.4. The molecule has 5 aromatic carbocycles. The predicted octanol–water partition coefficient (Wildman–Crippen LogP) is 9.84. The van der Waals surface area contributed by atoms with Gasteiger partial charge in [-0.2, -0.15) is 4.57 Å². The molecule has 0 saturated heterocycles. The summed E-state index contributed by atoms with van der Waals surface area (Å²) in [5.74, 6) is -70.7. The Hall–Kier alpha value is -6.69. The zero-order valence-electron chi connectivity index (χ0n) is 34.6. The van der Waals surface area contributed by atoms with E-state index in [-0.39, 0.29) is 12.3 Å². The molecule has 69 heavy (non-hydrogen) atoms. The summed E-state index contributed by atoms with van der Waals surface area (Å²) in [4.78, 5) is 16.5. The molecule has 0 saturated carbocycles. The first-order chi connectivity index (χ1) is 32.5. The van der Waals surface area contributed by atoms with Crippen LogP contribution in [0.3, 0.4) is 0 Å². The molecule has 1 heterocycles. The second kappa shape index (κ2) is 21.7. The molecule has 0 aliphatic carbocycles. The number of hydrogen-bond acceptors (Lipinski definition) is 3. The summed E-state index contributed by atoms with van der Waals surface area (Å²) in [5.41, 5.74) is -13.6. The van der Waals surface area contributed by atoms with Crippen LogP contribution >= 0.6 is 0 Å². The van der Waals surface area contributed by atoms with Gasteiger partial charge in [0.1, 0.15) is 58.9 Å². The molecule has 368 valence electrons. The van der Waals surface area contributed by atoms with Gasteiger partial charge in [-0.3, -0.25) is 4.79 Å². The monoisotopic (exact) mass is 1010 g/mol. The Morgan fingerprint density at radius 2 is 0.783 bits per heavy atom. The number of nitrogens with zero attached hydrogens (tertiary/aromatic N) is 2. The highest BCUT2D eigenvalue weighted by Crippen LogP contribution is 2.31. The topological polar surface area (TPSA) is 43.1 Å². The zero-order valence-corrected chi connectivity index (χ0v) is 34.6. The number of unbranched alkanes of at least 4 members (excludes halogenated alkanes) is 5. The van der Waals surface area contributed by atoms with Gasteiger partial charge in [0.2, 0.25) is 12.3 Å². The lowest BCUT2D eigenvalue weighted by atomic mass is 9.12. The minimum absolute atomic E-state index is 0.0659. The fourth-order valence-corrected chi connectivity index (χ4v) is 7.43. The molecule has 0 aliphatic heterocycles. The van der Waals surface area contributed by atoms with Gasteiger partial charge in [0, 0.05) is 5.56 Å². The van der Waals surface area contributed by atoms with Crippen LogP contribution in [0.4, 0.5) is 87.8 Å². The van der Waals surface area contributed by atoms with Gasteiger partial charge in [-0.15, -0.1) is 21.9 Å². The summed E-state index contributed by atoms with van der Waals surface area (Å²) < 4.78 is 302. The van der Waals surface area contributed by atoms with Crippen LogP contribution in [0.5, 0.6) is 5.88 Å². The third-order valence-corrected chi connectivity index (χ3v) is 10.7. The molecule has 0 fully saturated rings. The van der Waals surface area contributed by atoms with Gasteiger partial charge in [-0.1, -0.05) is 69.4 Å². The van der Waals surface area contributed by atoms with Crippen LogP contribution in [0.15, 0.2) is 48.9 Å². The Labute approximate surface area is 375 Å². The van der Waals surface area contributed by atoms with E-state index in [0.29, 0.717) is 18.1 Å². The van der Waals surface area contributed by atoms with Crippen LogP contribution in [0, 0.1) is 116 Å². The molecule has 0 amide bonds. The van der Waals surface area contributed by atoms with Crippen molar-refractivity contribution in [3.8, 4) is 5.88 Å². The van der Waals surface area contributed by atoms with E-state index in [1.54, 1.807) is 18.6 Å². The number of halogens is 20. The molecule has 4 nitrogen and oxygen atoms in total. The number of benzene rings is 5. The molecule has 0 spiro atoms. The fourth-order valence-electron chi connectivity index (χ4n) is 7.43. The van der Waals surface area contributed by atoms with E-state index in [4.69, 9.17) is 4.74 Å². The Morgan fingerprint density at radius 3 is 1.13 bits per heavy atom. The second-order valence-corrected chi connectivity index (χ2v) is 14.7. The van der Waals surface area contributed by atoms with Crippen molar-refractivity contribution in [3.05, 3.63) is 171 Å². The summed E-state index contributed by atoms with van der Waals surface area (Å²) in [7, 11) is 0. The largest absolute Gasteiger partial charge is 0.443 e. The van der Waals surface area contributed by atoms with Crippen molar-refractivity contribution >= 4 is 33.8 Å². The molecule has 1 aromatic heterocycles. The predicted molar refractivity (Wildman–Crippen MR) is 203 cm³/mol. The number of carbonyl (C=O) groups is 1. The van der Waals surface area contributed by atoms with Crippen LogP contribution in [0.1, 0.15) is 55.8 Å². The lowest BCUT2D eigenvalue weighted by Gasteiger charge is -2.44. The first-order valence-corrected chi connectivity index (χ1v) is 19.8. The molecule has 0 aliphatic rings. The standard InChI is InChI=1S/C24BF20.C20H27N2O2/c26-5-1(6(27)14(35)21(42)13(5)34)25(2-7(28)15(36)22(43)16(37)8(2)29,3-9(30)17(38)23(44)18(39)10(3)31)4-11(32)19(40)24(45)20(41)12(4)33;1-2-3-4-5-6-10-15-24-20-16-21-13-14-22(20)17-19(23)18-11-8-7-9-12-18/h;7-9,11-14,16H,2-6,10,15,17H2,1H3/q-1;+1. The molecule has 0 unspecified atom stereocenters. The fraction of sp³-hybridized carbons (Fsp3) is 0.205.